The van der Waals surface area contributed by atoms with Crippen LogP contribution in [0.3, 0.4) is 0 Å². The van der Waals surface area contributed by atoms with Crippen molar-refractivity contribution in [3.8, 4) is 0 Å². The summed E-state index contributed by atoms with van der Waals surface area (Å²) in [6.07, 6.45) is 6.80. The van der Waals surface area contributed by atoms with E-state index in [0.29, 0.717) is 0 Å². The van der Waals surface area contributed by atoms with E-state index < -0.39 is 0 Å². The molecule has 1 aromatic heterocycles. The minimum Gasteiger partial charge on any atom is -0.356 e. The van der Waals surface area contributed by atoms with Crippen molar-refractivity contribution in [3.05, 3.63) is 47.0 Å². The van der Waals surface area contributed by atoms with Gasteiger partial charge in [0.1, 0.15) is 11.6 Å². The normalized spacial score (nSPS) is 15.7. The second-order valence-electron chi connectivity index (χ2n) is 7.32. The molecule has 6 heteroatoms. The van der Waals surface area contributed by atoms with Crippen molar-refractivity contribution in [1.29, 1.82) is 0 Å². The monoisotopic (exact) mass is 368 g/mol. The quantitative estimate of drug-likeness (QED) is 0.467. The van der Waals surface area contributed by atoms with E-state index in [1.807, 2.05) is 7.05 Å². The van der Waals surface area contributed by atoms with Gasteiger partial charge in [-0.1, -0.05) is 30.7 Å². The van der Waals surface area contributed by atoms with Gasteiger partial charge in [0, 0.05) is 33.0 Å². The summed E-state index contributed by atoms with van der Waals surface area (Å²) in [5.74, 6) is 3.13. The van der Waals surface area contributed by atoms with Crippen LogP contribution in [0.25, 0.3) is 0 Å². The molecule has 0 spiro atoms. The molecule has 27 heavy (non-hydrogen) atoms. The maximum Gasteiger partial charge on any atom is 0.191 e. The van der Waals surface area contributed by atoms with Crippen molar-refractivity contribution in [2.45, 2.75) is 65.0 Å². The molecular weight excluding hydrogens is 336 g/mol. The molecule has 1 aromatic carbocycles. The Bertz CT molecular complexity index is 764. The first kappa shape index (κ1) is 19.4. The predicted molar refractivity (Wildman–Crippen MR) is 110 cm³/mol. The van der Waals surface area contributed by atoms with Gasteiger partial charge in [-0.05, 0) is 44.2 Å². The fourth-order valence-electron chi connectivity index (χ4n) is 3.73. The van der Waals surface area contributed by atoms with Crippen LogP contribution in [0.1, 0.15) is 61.4 Å². The molecule has 1 aliphatic rings. The van der Waals surface area contributed by atoms with E-state index in [9.17, 15) is 0 Å². The Morgan fingerprint density at radius 2 is 2.07 bits per heavy atom. The van der Waals surface area contributed by atoms with Gasteiger partial charge in [-0.25, -0.2) is 0 Å². The first-order valence-corrected chi connectivity index (χ1v) is 10.1. The lowest BCUT2D eigenvalue weighted by Gasteiger charge is -2.19. The van der Waals surface area contributed by atoms with Crippen LogP contribution in [-0.2, 0) is 19.4 Å². The summed E-state index contributed by atoms with van der Waals surface area (Å²) < 4.78 is 2.33. The van der Waals surface area contributed by atoms with Crippen molar-refractivity contribution >= 4 is 5.96 Å². The van der Waals surface area contributed by atoms with Gasteiger partial charge in [0.15, 0.2) is 5.96 Å². The Labute approximate surface area is 162 Å². The summed E-state index contributed by atoms with van der Waals surface area (Å²) in [6.45, 7) is 6.25. The minimum atomic E-state index is 0.213. The number of aryl methyl sites for hydroxylation is 3. The van der Waals surface area contributed by atoms with E-state index in [4.69, 9.17) is 0 Å². The highest BCUT2D eigenvalue weighted by atomic mass is 15.3. The lowest BCUT2D eigenvalue weighted by molar-refractivity contribution is 0.592. The zero-order valence-corrected chi connectivity index (χ0v) is 16.8. The van der Waals surface area contributed by atoms with Gasteiger partial charge >= 0.3 is 0 Å². The summed E-state index contributed by atoms with van der Waals surface area (Å²) in [4.78, 5) is 4.36. The van der Waals surface area contributed by atoms with E-state index in [1.54, 1.807) is 0 Å². The average Bonchev–Trinajstić information content (AvgIpc) is 2.90. The molecule has 2 aromatic rings. The zero-order valence-electron chi connectivity index (χ0n) is 16.8. The maximum absolute atomic E-state index is 4.41. The van der Waals surface area contributed by atoms with Gasteiger partial charge in [0.2, 0.25) is 0 Å². The number of aromatic nitrogens is 3. The van der Waals surface area contributed by atoms with E-state index in [-0.39, 0.29) is 6.04 Å². The van der Waals surface area contributed by atoms with Crippen LogP contribution in [0.4, 0.5) is 0 Å². The van der Waals surface area contributed by atoms with E-state index in [2.05, 4.69) is 68.5 Å². The molecule has 0 saturated carbocycles. The number of hydrogen-bond donors (Lipinski definition) is 2. The largest absolute Gasteiger partial charge is 0.356 e. The highest BCUT2D eigenvalue weighted by Gasteiger charge is 2.14. The highest BCUT2D eigenvalue weighted by Crippen LogP contribution is 2.17. The van der Waals surface area contributed by atoms with Crippen LogP contribution in [-0.4, -0.2) is 34.3 Å². The van der Waals surface area contributed by atoms with E-state index >= 15 is 0 Å². The molecule has 1 unspecified atom stereocenters. The first-order chi connectivity index (χ1) is 13.2. The second-order valence-corrected chi connectivity index (χ2v) is 7.32. The number of benzene rings is 1. The highest BCUT2D eigenvalue weighted by molar-refractivity contribution is 5.80. The third-order valence-electron chi connectivity index (χ3n) is 5.29. The topological polar surface area (TPSA) is 67.1 Å². The number of nitrogens with one attached hydrogen (secondary N) is 2. The Hall–Kier alpha value is -2.37. The van der Waals surface area contributed by atoms with Crippen molar-refractivity contribution in [2.75, 3.05) is 13.6 Å². The number of nitrogens with zero attached hydrogens (tertiary/aromatic N) is 4. The van der Waals surface area contributed by atoms with Gasteiger partial charge < -0.3 is 15.2 Å². The number of guanidine groups is 1. The van der Waals surface area contributed by atoms with Crippen LogP contribution >= 0.6 is 0 Å². The molecule has 2 heterocycles. The van der Waals surface area contributed by atoms with Gasteiger partial charge in [-0.2, -0.15) is 0 Å². The summed E-state index contributed by atoms with van der Waals surface area (Å²) in [5.41, 5.74) is 2.59. The molecule has 0 aliphatic carbocycles. The second kappa shape index (κ2) is 9.53. The fraction of sp³-hybridized carbons (Fsp3) is 0.571. The molecule has 0 radical (unpaired) electrons. The summed E-state index contributed by atoms with van der Waals surface area (Å²) in [5, 5.41) is 15.7. The third-order valence-corrected chi connectivity index (χ3v) is 5.29. The van der Waals surface area contributed by atoms with Gasteiger partial charge in [-0.15, -0.1) is 10.2 Å². The smallest absolute Gasteiger partial charge is 0.191 e. The predicted octanol–water partition coefficient (Wildman–Crippen LogP) is 3.17. The molecule has 0 amide bonds. The minimum absolute atomic E-state index is 0.213. The van der Waals surface area contributed by atoms with Crippen molar-refractivity contribution < 1.29 is 0 Å². The molecule has 6 nitrogen and oxygen atoms in total. The van der Waals surface area contributed by atoms with Gasteiger partial charge in [-0.3, -0.25) is 4.99 Å². The zero-order chi connectivity index (χ0) is 19.1. The first-order valence-electron chi connectivity index (χ1n) is 10.1. The maximum atomic E-state index is 4.41. The fourth-order valence-corrected chi connectivity index (χ4v) is 3.73. The molecule has 1 aliphatic heterocycles. The molecule has 2 N–H and O–H groups in total. The van der Waals surface area contributed by atoms with Gasteiger partial charge in [0.05, 0.1) is 6.04 Å². The molecule has 3 rings (SSSR count). The Balaban J connectivity index is 1.47. The summed E-state index contributed by atoms with van der Waals surface area (Å²) >= 11 is 0. The van der Waals surface area contributed by atoms with E-state index in [0.717, 1.165) is 44.1 Å². The molecule has 146 valence electrons. The van der Waals surface area contributed by atoms with Crippen LogP contribution < -0.4 is 10.6 Å². The van der Waals surface area contributed by atoms with Crippen LogP contribution in [0.5, 0.6) is 0 Å². The van der Waals surface area contributed by atoms with Crippen LogP contribution in [0, 0.1) is 6.92 Å². The van der Waals surface area contributed by atoms with Crippen LogP contribution in [0.15, 0.2) is 29.3 Å². The average molecular weight is 369 g/mol. The summed E-state index contributed by atoms with van der Waals surface area (Å²) in [6, 6.07) is 8.68. The Morgan fingerprint density at radius 3 is 2.89 bits per heavy atom. The Morgan fingerprint density at radius 1 is 1.22 bits per heavy atom. The van der Waals surface area contributed by atoms with Crippen molar-refractivity contribution in [3.63, 3.8) is 0 Å². The van der Waals surface area contributed by atoms with Crippen LogP contribution in [0.2, 0.25) is 0 Å². The third kappa shape index (κ3) is 5.08. The summed E-state index contributed by atoms with van der Waals surface area (Å²) in [7, 11) is 1.82. The van der Waals surface area contributed by atoms with E-state index in [1.165, 1.54) is 36.2 Å². The Kier molecular flexibility index (Phi) is 6.85. The molecule has 0 bridgehead atoms. The van der Waals surface area contributed by atoms with Crippen molar-refractivity contribution in [1.82, 2.24) is 25.4 Å². The lowest BCUT2D eigenvalue weighted by atomic mass is 10.0. The van der Waals surface area contributed by atoms with Gasteiger partial charge in [0.25, 0.3) is 0 Å². The molecule has 0 saturated heterocycles. The van der Waals surface area contributed by atoms with Crippen molar-refractivity contribution in [2.24, 2.45) is 4.99 Å². The number of hydrogen-bond acceptors (Lipinski definition) is 3. The lowest BCUT2D eigenvalue weighted by Crippen LogP contribution is -2.39. The molecule has 1 atom stereocenters. The number of fused-ring (bicyclic) bond motifs is 1. The SMILES string of the molecule is CN=C(NCCCc1nnc2n1CCCCC2)NC(C)c1ccccc1C. The molecule has 0 fully saturated rings. The number of rotatable bonds is 6. The number of aliphatic imine (C=N–C) groups is 1. The standard InChI is InChI=1S/C21H32N6/c1-16-10-6-7-11-18(16)17(2)24-21(22-3)23-14-9-13-20-26-25-19-12-5-4-8-15-27(19)20/h6-7,10-11,17H,4-5,8-9,12-15H2,1-3H3,(H2,22,23,24). The molecular formula is C21H32N6.